The number of ether oxygens (including phenoxy) is 1. The van der Waals surface area contributed by atoms with Crippen LogP contribution in [0.3, 0.4) is 0 Å². The Kier molecular flexibility index (Phi) is 6.15. The molecular weight excluding hydrogens is 276 g/mol. The lowest BCUT2D eigenvalue weighted by Gasteiger charge is -2.01. The lowest BCUT2D eigenvalue weighted by Crippen LogP contribution is -2.28. The van der Waals surface area contributed by atoms with E-state index in [0.717, 1.165) is 6.08 Å². The number of terminal acetylenes is 1. The van der Waals surface area contributed by atoms with E-state index in [2.05, 4.69) is 16.0 Å². The minimum atomic E-state index is -0.739. The van der Waals surface area contributed by atoms with Crippen molar-refractivity contribution in [2.45, 2.75) is 0 Å². The topological polar surface area (TPSA) is 98.5 Å². The monoisotopic (exact) mass is 288 g/mol. The number of hydrogen-bond acceptors (Lipinski definition) is 5. The van der Waals surface area contributed by atoms with E-state index >= 15 is 0 Å². The Bertz CT molecular complexity index is 616. The molecular formula is C14H12N2O5. The maximum atomic E-state index is 11.4. The first-order valence-corrected chi connectivity index (χ1v) is 5.82. The standard InChI is InChI=1S/C14H12N2O5/c1-2-8-15-13(17)10-21-14(18)7-6-11-4-3-5-12(9-11)16(19)20/h1,3-7,9H,8,10H2,(H,15,17)/b7-6+. The van der Waals surface area contributed by atoms with E-state index < -0.39 is 23.4 Å². The molecule has 1 aromatic carbocycles. The molecule has 0 radical (unpaired) electrons. The molecule has 1 rings (SSSR count). The molecule has 0 unspecified atom stereocenters. The van der Waals surface area contributed by atoms with Crippen LogP contribution >= 0.6 is 0 Å². The Hall–Kier alpha value is -3.14. The average Bonchev–Trinajstić information content (AvgIpc) is 2.49. The molecule has 0 aliphatic heterocycles. The predicted molar refractivity (Wildman–Crippen MR) is 74.9 cm³/mol. The fourth-order valence-corrected chi connectivity index (χ4v) is 1.29. The molecule has 1 aromatic rings. The summed E-state index contributed by atoms with van der Waals surface area (Å²) in [6.45, 7) is -0.389. The summed E-state index contributed by atoms with van der Waals surface area (Å²) in [6.07, 6.45) is 7.38. The van der Waals surface area contributed by atoms with E-state index in [0.29, 0.717) is 5.56 Å². The number of nitro groups is 1. The first-order chi connectivity index (χ1) is 10.0. The number of nitrogens with zero attached hydrogens (tertiary/aromatic N) is 1. The van der Waals surface area contributed by atoms with Crippen molar-refractivity contribution >= 4 is 23.6 Å². The van der Waals surface area contributed by atoms with Crippen molar-refractivity contribution in [2.75, 3.05) is 13.2 Å². The lowest BCUT2D eigenvalue weighted by atomic mass is 10.2. The fraction of sp³-hybridized carbons (Fsp3) is 0.143. The number of nitro benzene ring substituents is 1. The summed E-state index contributed by atoms with van der Waals surface area (Å²) in [5.41, 5.74) is 0.386. The zero-order chi connectivity index (χ0) is 15.7. The zero-order valence-electron chi connectivity index (χ0n) is 10.9. The van der Waals surface area contributed by atoms with Crippen LogP contribution < -0.4 is 5.32 Å². The van der Waals surface area contributed by atoms with Gasteiger partial charge in [-0.15, -0.1) is 6.42 Å². The largest absolute Gasteiger partial charge is 0.452 e. The molecule has 0 atom stereocenters. The first kappa shape index (κ1) is 15.9. The van der Waals surface area contributed by atoms with Crippen LogP contribution in [0.4, 0.5) is 5.69 Å². The number of rotatable bonds is 6. The Morgan fingerprint density at radius 3 is 2.90 bits per heavy atom. The first-order valence-electron chi connectivity index (χ1n) is 5.82. The third-order valence-corrected chi connectivity index (χ3v) is 2.23. The van der Waals surface area contributed by atoms with Crippen LogP contribution in [0.5, 0.6) is 0 Å². The quantitative estimate of drug-likeness (QED) is 0.276. The second-order valence-electron chi connectivity index (χ2n) is 3.77. The van der Waals surface area contributed by atoms with Gasteiger partial charge in [0.25, 0.3) is 11.6 Å². The van der Waals surface area contributed by atoms with Crippen LogP contribution in [0.15, 0.2) is 30.3 Å². The van der Waals surface area contributed by atoms with Crippen molar-refractivity contribution in [3.05, 3.63) is 46.0 Å². The summed E-state index contributed by atoms with van der Waals surface area (Å²) in [7, 11) is 0. The second-order valence-corrected chi connectivity index (χ2v) is 3.77. The van der Waals surface area contributed by atoms with Crippen molar-refractivity contribution in [1.82, 2.24) is 5.32 Å². The average molecular weight is 288 g/mol. The van der Waals surface area contributed by atoms with Gasteiger partial charge in [0, 0.05) is 18.2 Å². The molecule has 21 heavy (non-hydrogen) atoms. The maximum absolute atomic E-state index is 11.4. The second kappa shape index (κ2) is 8.12. The number of benzene rings is 1. The predicted octanol–water partition coefficient (Wildman–Crippen LogP) is 0.901. The number of esters is 1. The molecule has 0 aromatic heterocycles. The fourth-order valence-electron chi connectivity index (χ4n) is 1.29. The molecule has 1 N–H and O–H groups in total. The van der Waals surface area contributed by atoms with Gasteiger partial charge < -0.3 is 10.1 Å². The highest BCUT2D eigenvalue weighted by molar-refractivity contribution is 5.89. The number of amides is 1. The van der Waals surface area contributed by atoms with Crippen molar-refractivity contribution in [3.63, 3.8) is 0 Å². The highest BCUT2D eigenvalue weighted by Gasteiger charge is 2.05. The third-order valence-electron chi connectivity index (χ3n) is 2.23. The van der Waals surface area contributed by atoms with Gasteiger partial charge in [-0.3, -0.25) is 14.9 Å². The molecule has 0 saturated heterocycles. The summed E-state index contributed by atoms with van der Waals surface area (Å²) in [5.74, 6) is 0.958. The molecule has 0 aliphatic rings. The van der Waals surface area contributed by atoms with Crippen LogP contribution in [-0.2, 0) is 14.3 Å². The van der Waals surface area contributed by atoms with E-state index in [9.17, 15) is 19.7 Å². The Labute approximate surface area is 120 Å². The molecule has 108 valence electrons. The van der Waals surface area contributed by atoms with Gasteiger partial charge in [0.1, 0.15) is 0 Å². The van der Waals surface area contributed by atoms with Crippen LogP contribution in [0, 0.1) is 22.5 Å². The molecule has 0 spiro atoms. The Morgan fingerprint density at radius 1 is 1.48 bits per heavy atom. The normalized spacial score (nSPS) is 9.86. The van der Waals surface area contributed by atoms with Gasteiger partial charge in [0.05, 0.1) is 11.5 Å². The molecule has 7 nitrogen and oxygen atoms in total. The van der Waals surface area contributed by atoms with Gasteiger partial charge in [-0.05, 0) is 11.6 Å². The highest BCUT2D eigenvalue weighted by Crippen LogP contribution is 2.14. The summed E-state index contributed by atoms with van der Waals surface area (Å²) in [4.78, 5) is 32.5. The molecule has 7 heteroatoms. The molecule has 0 fully saturated rings. The van der Waals surface area contributed by atoms with Crippen LogP contribution in [0.2, 0.25) is 0 Å². The minimum Gasteiger partial charge on any atom is -0.452 e. The van der Waals surface area contributed by atoms with Gasteiger partial charge in [-0.2, -0.15) is 0 Å². The van der Waals surface area contributed by atoms with E-state index in [1.807, 2.05) is 0 Å². The Morgan fingerprint density at radius 2 is 2.24 bits per heavy atom. The summed E-state index contributed by atoms with van der Waals surface area (Å²) < 4.78 is 4.66. The summed E-state index contributed by atoms with van der Waals surface area (Å²) in [6, 6.07) is 5.74. The molecule has 0 heterocycles. The minimum absolute atomic E-state index is 0.0555. The van der Waals surface area contributed by atoms with Crippen molar-refractivity contribution in [1.29, 1.82) is 0 Å². The van der Waals surface area contributed by atoms with Gasteiger partial charge in [-0.1, -0.05) is 18.1 Å². The summed E-state index contributed by atoms with van der Waals surface area (Å²) >= 11 is 0. The number of carbonyl (C=O) groups is 2. The molecule has 1 amide bonds. The number of carbonyl (C=O) groups excluding carboxylic acids is 2. The number of hydrogen-bond donors (Lipinski definition) is 1. The highest BCUT2D eigenvalue weighted by atomic mass is 16.6. The zero-order valence-corrected chi connectivity index (χ0v) is 10.9. The van der Waals surface area contributed by atoms with Crippen LogP contribution in [0.25, 0.3) is 6.08 Å². The Balaban J connectivity index is 2.51. The van der Waals surface area contributed by atoms with Crippen molar-refractivity contribution < 1.29 is 19.2 Å². The number of non-ortho nitro benzene ring substituents is 1. The molecule has 0 aliphatic carbocycles. The summed E-state index contributed by atoms with van der Waals surface area (Å²) in [5, 5.41) is 12.9. The molecule has 0 bridgehead atoms. The van der Waals surface area contributed by atoms with E-state index in [1.54, 1.807) is 6.07 Å². The van der Waals surface area contributed by atoms with E-state index in [-0.39, 0.29) is 12.2 Å². The number of nitrogens with one attached hydrogen (secondary N) is 1. The van der Waals surface area contributed by atoms with E-state index in [4.69, 9.17) is 6.42 Å². The van der Waals surface area contributed by atoms with Crippen molar-refractivity contribution in [3.8, 4) is 12.3 Å². The van der Waals surface area contributed by atoms with Gasteiger partial charge in [0.15, 0.2) is 6.61 Å². The smallest absolute Gasteiger partial charge is 0.331 e. The van der Waals surface area contributed by atoms with Crippen LogP contribution in [-0.4, -0.2) is 30.0 Å². The van der Waals surface area contributed by atoms with Gasteiger partial charge in [0.2, 0.25) is 0 Å². The van der Waals surface area contributed by atoms with Gasteiger partial charge >= 0.3 is 5.97 Å². The maximum Gasteiger partial charge on any atom is 0.331 e. The molecule has 0 saturated carbocycles. The SMILES string of the molecule is C#CCNC(=O)COC(=O)/C=C/c1cccc([N+](=O)[O-])c1. The van der Waals surface area contributed by atoms with Gasteiger partial charge in [-0.25, -0.2) is 4.79 Å². The lowest BCUT2D eigenvalue weighted by molar-refractivity contribution is -0.384. The third kappa shape index (κ3) is 6.02. The van der Waals surface area contributed by atoms with Crippen LogP contribution in [0.1, 0.15) is 5.56 Å². The van der Waals surface area contributed by atoms with E-state index in [1.165, 1.54) is 24.3 Å². The van der Waals surface area contributed by atoms with Crippen molar-refractivity contribution in [2.24, 2.45) is 0 Å².